The van der Waals surface area contributed by atoms with Gasteiger partial charge in [-0.25, -0.2) is 13.1 Å². The van der Waals surface area contributed by atoms with Gasteiger partial charge in [-0.1, -0.05) is 37.5 Å². The number of hydrogen-bond donors (Lipinski definition) is 2. The number of rotatable bonds is 3. The first-order chi connectivity index (χ1) is 17.3. The van der Waals surface area contributed by atoms with Crippen LogP contribution in [0.2, 0.25) is 0 Å². The highest BCUT2D eigenvalue weighted by atomic mass is 32.2. The van der Waals surface area contributed by atoms with E-state index in [9.17, 15) is 13.5 Å². The van der Waals surface area contributed by atoms with E-state index in [0.29, 0.717) is 18.3 Å². The molecule has 9 heteroatoms. The van der Waals surface area contributed by atoms with Crippen LogP contribution in [0.4, 0.5) is 0 Å². The zero-order chi connectivity index (χ0) is 25.3. The van der Waals surface area contributed by atoms with Gasteiger partial charge >= 0.3 is 0 Å². The molecule has 196 valence electrons. The molecular formula is C27H37N3O5S. The average Bonchev–Trinajstić information content (AvgIpc) is 3.31. The lowest BCUT2D eigenvalue weighted by atomic mass is 9.94. The third-order valence-corrected chi connectivity index (χ3v) is 9.31. The molecular weight excluding hydrogens is 478 g/mol. The molecule has 1 saturated carbocycles. The predicted octanol–water partition coefficient (Wildman–Crippen LogP) is 2.71. The van der Waals surface area contributed by atoms with Crippen LogP contribution < -0.4 is 14.2 Å². The number of aliphatic hydroxyl groups is 1. The van der Waals surface area contributed by atoms with Crippen molar-refractivity contribution in [1.82, 2.24) is 14.5 Å². The Labute approximate surface area is 214 Å². The number of likely N-dealkylation sites (N-methyl/N-ethyl adjacent to an activating group) is 1. The summed E-state index contributed by atoms with van der Waals surface area (Å²) in [5, 5.41) is 10.6. The van der Waals surface area contributed by atoms with Crippen LogP contribution in [0.15, 0.2) is 47.4 Å². The second-order valence-electron chi connectivity index (χ2n) is 10.3. The Hall–Kier alpha value is -2.17. The van der Waals surface area contributed by atoms with Crippen molar-refractivity contribution in [2.45, 2.75) is 61.3 Å². The molecule has 0 spiro atoms. The number of benzene rings is 2. The maximum Gasteiger partial charge on any atom is 0.244 e. The van der Waals surface area contributed by atoms with Crippen molar-refractivity contribution >= 4 is 10.0 Å². The Kier molecular flexibility index (Phi) is 7.55. The molecule has 2 heterocycles. The van der Waals surface area contributed by atoms with E-state index in [1.807, 2.05) is 37.4 Å². The molecule has 2 aromatic rings. The maximum absolute atomic E-state index is 13.3. The van der Waals surface area contributed by atoms with Crippen LogP contribution in [0.25, 0.3) is 11.1 Å². The number of hydrogen-bond acceptors (Lipinski definition) is 7. The Morgan fingerprint density at radius 2 is 1.81 bits per heavy atom. The van der Waals surface area contributed by atoms with Crippen LogP contribution in [0, 0.1) is 0 Å². The van der Waals surface area contributed by atoms with Crippen molar-refractivity contribution in [3.63, 3.8) is 0 Å². The Morgan fingerprint density at radius 3 is 2.58 bits per heavy atom. The van der Waals surface area contributed by atoms with Gasteiger partial charge in [0.1, 0.15) is 22.5 Å². The van der Waals surface area contributed by atoms with Gasteiger partial charge in [0.15, 0.2) is 0 Å². The van der Waals surface area contributed by atoms with Crippen LogP contribution in [0.5, 0.6) is 11.5 Å². The first-order valence-corrected chi connectivity index (χ1v) is 14.4. The van der Waals surface area contributed by atoms with Gasteiger partial charge in [0, 0.05) is 32.2 Å². The standard InChI is InChI=1S/C27H37N3O5S/c1-29-16-22(31)15-28-36(32,33)27-12-11-20(19-7-6-10-23(13-19)34-2)14-25(27)35-26-18-30(17-24(26)29)21-8-4-3-5-9-21/h6-7,10-14,21-22,24,26,28,31H,3-5,8-9,15-18H2,1-2H3/t22-,24+,26-/m0/s1. The summed E-state index contributed by atoms with van der Waals surface area (Å²) in [6.45, 7) is 1.92. The number of fused-ring (bicyclic) bond motifs is 2. The zero-order valence-electron chi connectivity index (χ0n) is 21.1. The number of aliphatic hydroxyl groups excluding tert-OH is 1. The van der Waals surface area contributed by atoms with E-state index in [1.165, 1.54) is 32.1 Å². The van der Waals surface area contributed by atoms with Crippen LogP contribution >= 0.6 is 0 Å². The monoisotopic (exact) mass is 515 g/mol. The molecule has 36 heavy (non-hydrogen) atoms. The van der Waals surface area contributed by atoms with E-state index in [2.05, 4.69) is 14.5 Å². The summed E-state index contributed by atoms with van der Waals surface area (Å²) in [6, 6.07) is 13.5. The fraction of sp³-hybridized carbons (Fsp3) is 0.556. The molecule has 2 aromatic carbocycles. The number of methoxy groups -OCH3 is 1. The minimum Gasteiger partial charge on any atom is -0.497 e. The van der Waals surface area contributed by atoms with Crippen LogP contribution in [-0.2, 0) is 10.0 Å². The summed E-state index contributed by atoms with van der Waals surface area (Å²) >= 11 is 0. The first-order valence-electron chi connectivity index (χ1n) is 12.9. The molecule has 2 N–H and O–H groups in total. The number of nitrogens with one attached hydrogen (secondary N) is 1. The molecule has 0 aromatic heterocycles. The van der Waals surface area contributed by atoms with Gasteiger partial charge in [-0.05, 0) is 55.3 Å². The highest BCUT2D eigenvalue weighted by Gasteiger charge is 2.41. The van der Waals surface area contributed by atoms with Crippen LogP contribution in [0.1, 0.15) is 32.1 Å². The summed E-state index contributed by atoms with van der Waals surface area (Å²) in [5.41, 5.74) is 1.77. The highest BCUT2D eigenvalue weighted by Crippen LogP contribution is 2.35. The number of ether oxygens (including phenoxy) is 2. The molecule has 2 fully saturated rings. The van der Waals surface area contributed by atoms with Gasteiger partial charge < -0.3 is 14.6 Å². The molecule has 1 saturated heterocycles. The molecule has 0 unspecified atom stereocenters. The molecule has 8 nitrogen and oxygen atoms in total. The zero-order valence-corrected chi connectivity index (χ0v) is 21.9. The van der Waals surface area contributed by atoms with Crippen LogP contribution in [0.3, 0.4) is 0 Å². The second-order valence-corrected chi connectivity index (χ2v) is 12.0. The Balaban J connectivity index is 1.53. The van der Waals surface area contributed by atoms with Gasteiger partial charge in [-0.3, -0.25) is 9.80 Å². The molecule has 0 amide bonds. The molecule has 1 aliphatic carbocycles. The lowest BCUT2D eigenvalue weighted by Crippen LogP contribution is -2.47. The minimum absolute atomic E-state index is 0.0481. The van der Waals surface area contributed by atoms with E-state index < -0.39 is 16.1 Å². The normalized spacial score (nSPS) is 27.9. The number of likely N-dealkylation sites (tertiary alicyclic amines) is 1. The Bertz CT molecular complexity index is 1170. The largest absolute Gasteiger partial charge is 0.497 e. The number of sulfonamides is 1. The van der Waals surface area contributed by atoms with Crippen molar-refractivity contribution < 1.29 is 23.0 Å². The van der Waals surface area contributed by atoms with Gasteiger partial charge in [0.05, 0.1) is 19.3 Å². The SMILES string of the molecule is COc1cccc(-c2ccc3c(c2)O[C@H]2CN(C4CCCCC4)C[C@H]2N(C)C[C@@H](O)CNS3(=O)=O)c1. The summed E-state index contributed by atoms with van der Waals surface area (Å²) < 4.78 is 41.1. The van der Waals surface area contributed by atoms with Gasteiger partial charge in [0.25, 0.3) is 0 Å². The smallest absolute Gasteiger partial charge is 0.244 e. The van der Waals surface area contributed by atoms with E-state index in [-0.39, 0.29) is 23.6 Å². The second kappa shape index (κ2) is 10.7. The lowest BCUT2D eigenvalue weighted by molar-refractivity contribution is 0.0712. The molecule has 3 aliphatic rings. The molecule has 0 bridgehead atoms. The lowest BCUT2D eigenvalue weighted by Gasteiger charge is -2.32. The van der Waals surface area contributed by atoms with Crippen molar-refractivity contribution in [2.75, 3.05) is 40.3 Å². The summed E-state index contributed by atoms with van der Waals surface area (Å²) in [5.74, 6) is 1.07. The van der Waals surface area contributed by atoms with Crippen molar-refractivity contribution in [2.24, 2.45) is 0 Å². The fourth-order valence-corrected chi connectivity index (χ4v) is 7.04. The van der Waals surface area contributed by atoms with Gasteiger partial charge in [-0.2, -0.15) is 0 Å². The third kappa shape index (κ3) is 5.40. The summed E-state index contributed by atoms with van der Waals surface area (Å²) in [4.78, 5) is 4.74. The van der Waals surface area contributed by atoms with Gasteiger partial charge in [-0.15, -0.1) is 0 Å². The maximum atomic E-state index is 13.3. The van der Waals surface area contributed by atoms with Crippen molar-refractivity contribution in [3.05, 3.63) is 42.5 Å². The average molecular weight is 516 g/mol. The predicted molar refractivity (Wildman–Crippen MR) is 139 cm³/mol. The van der Waals surface area contributed by atoms with Crippen molar-refractivity contribution in [1.29, 1.82) is 0 Å². The molecule has 3 atom stereocenters. The van der Waals surface area contributed by atoms with E-state index in [4.69, 9.17) is 9.47 Å². The number of nitrogens with zero attached hydrogens (tertiary/aromatic N) is 2. The van der Waals surface area contributed by atoms with E-state index in [1.54, 1.807) is 19.2 Å². The third-order valence-electron chi connectivity index (χ3n) is 7.84. The Morgan fingerprint density at radius 1 is 1.03 bits per heavy atom. The van der Waals surface area contributed by atoms with Gasteiger partial charge in [0.2, 0.25) is 10.0 Å². The minimum atomic E-state index is -3.87. The quantitative estimate of drug-likeness (QED) is 0.650. The van der Waals surface area contributed by atoms with E-state index in [0.717, 1.165) is 30.0 Å². The van der Waals surface area contributed by atoms with Crippen molar-refractivity contribution in [3.8, 4) is 22.6 Å². The first kappa shape index (κ1) is 25.5. The van der Waals surface area contributed by atoms with Crippen LogP contribution in [-0.4, -0.2) is 88.0 Å². The highest BCUT2D eigenvalue weighted by molar-refractivity contribution is 7.89. The molecule has 2 aliphatic heterocycles. The van der Waals surface area contributed by atoms with E-state index >= 15 is 0 Å². The number of β-amino-alcohol motifs (C(OH)–C–C–N with tert-alkyl or cyclic N) is 1. The summed E-state index contributed by atoms with van der Waals surface area (Å²) in [7, 11) is -0.255. The topological polar surface area (TPSA) is 91.3 Å². The molecule has 0 radical (unpaired) electrons. The fourth-order valence-electron chi connectivity index (χ4n) is 5.85. The molecule has 5 rings (SSSR count). The summed E-state index contributed by atoms with van der Waals surface area (Å²) in [6.07, 6.45) is 5.17.